The van der Waals surface area contributed by atoms with Crippen LogP contribution in [0, 0.1) is 6.92 Å². The van der Waals surface area contributed by atoms with Gasteiger partial charge in [0.1, 0.15) is 5.69 Å². The van der Waals surface area contributed by atoms with Crippen LogP contribution in [0.25, 0.3) is 0 Å². The predicted octanol–water partition coefficient (Wildman–Crippen LogP) is 5.61. The number of nitrogens with one attached hydrogen (secondary N) is 2. The van der Waals surface area contributed by atoms with Gasteiger partial charge in [-0.3, -0.25) is 9.59 Å². The van der Waals surface area contributed by atoms with E-state index in [9.17, 15) is 9.59 Å². The molecule has 0 aliphatic carbocycles. The lowest BCUT2D eigenvalue weighted by Crippen LogP contribution is -2.10. The van der Waals surface area contributed by atoms with Gasteiger partial charge < -0.3 is 16.4 Å². The Labute approximate surface area is 166 Å². The number of nitrogens with two attached hydrogens (primary N) is 1. The monoisotopic (exact) mass is 407 g/mol. The molecule has 0 aromatic heterocycles. The number of azo groups is 1. The molecule has 0 atom stereocenters. The van der Waals surface area contributed by atoms with E-state index in [0.717, 1.165) is 5.56 Å². The molecule has 2 rings (SSSR count). The summed E-state index contributed by atoms with van der Waals surface area (Å²) < 4.78 is 0. The van der Waals surface area contributed by atoms with Crippen molar-refractivity contribution < 1.29 is 9.59 Å². The van der Waals surface area contributed by atoms with Crippen molar-refractivity contribution in [2.45, 2.75) is 27.2 Å². The number of rotatable bonds is 5. The molecule has 2 aromatic rings. The topological polar surface area (TPSA) is 109 Å². The van der Waals surface area contributed by atoms with Gasteiger partial charge in [0.2, 0.25) is 11.8 Å². The zero-order chi connectivity index (χ0) is 20.1. The Hall–Kier alpha value is -2.64. The second-order valence-corrected chi connectivity index (χ2v) is 6.61. The molecule has 0 aliphatic rings. The van der Waals surface area contributed by atoms with Gasteiger partial charge in [-0.25, -0.2) is 0 Å². The van der Waals surface area contributed by atoms with Gasteiger partial charge in [0, 0.05) is 19.0 Å². The molecule has 0 bridgehead atoms. The fraction of sp³-hybridized carbons (Fsp3) is 0.222. The summed E-state index contributed by atoms with van der Waals surface area (Å²) in [5, 5.41) is 14.1. The Morgan fingerprint density at radius 3 is 2.26 bits per heavy atom. The molecule has 0 heterocycles. The van der Waals surface area contributed by atoms with Gasteiger partial charge in [-0.05, 0) is 36.8 Å². The van der Waals surface area contributed by atoms with E-state index in [-0.39, 0.29) is 21.9 Å². The van der Waals surface area contributed by atoms with Crippen molar-refractivity contribution in [3.63, 3.8) is 0 Å². The summed E-state index contributed by atoms with van der Waals surface area (Å²) in [4.78, 5) is 22.9. The number of carbonyl (C=O) groups is 2. The van der Waals surface area contributed by atoms with Crippen molar-refractivity contribution >= 4 is 63.5 Å². The summed E-state index contributed by atoms with van der Waals surface area (Å²) in [5.41, 5.74) is 8.86. The molecule has 0 fully saturated rings. The Bertz CT molecular complexity index is 905. The third kappa shape index (κ3) is 5.42. The Kier molecular flexibility index (Phi) is 6.76. The largest absolute Gasteiger partial charge is 0.398 e. The van der Waals surface area contributed by atoms with E-state index in [0.29, 0.717) is 34.9 Å². The lowest BCUT2D eigenvalue weighted by atomic mass is 10.1. The average Bonchev–Trinajstić information content (AvgIpc) is 2.59. The molecule has 27 heavy (non-hydrogen) atoms. The van der Waals surface area contributed by atoms with Gasteiger partial charge in [0.25, 0.3) is 0 Å². The number of carbonyl (C=O) groups excluding carboxylic acids is 2. The third-order valence-corrected chi connectivity index (χ3v) is 4.18. The normalized spacial score (nSPS) is 10.9. The van der Waals surface area contributed by atoms with Crippen molar-refractivity contribution in [1.29, 1.82) is 0 Å². The number of aryl methyl sites for hydroxylation is 1. The fourth-order valence-electron chi connectivity index (χ4n) is 2.16. The van der Waals surface area contributed by atoms with E-state index in [1.54, 1.807) is 19.1 Å². The maximum Gasteiger partial charge on any atom is 0.224 e. The van der Waals surface area contributed by atoms with Gasteiger partial charge in [0.05, 0.1) is 27.1 Å². The molecule has 4 N–H and O–H groups in total. The van der Waals surface area contributed by atoms with E-state index in [1.807, 2.05) is 6.92 Å². The smallest absolute Gasteiger partial charge is 0.224 e. The van der Waals surface area contributed by atoms with Crippen LogP contribution in [-0.4, -0.2) is 11.8 Å². The van der Waals surface area contributed by atoms with Crippen LogP contribution in [0.2, 0.25) is 10.0 Å². The number of amides is 2. The van der Waals surface area contributed by atoms with Gasteiger partial charge in [-0.15, -0.1) is 5.11 Å². The van der Waals surface area contributed by atoms with Gasteiger partial charge >= 0.3 is 0 Å². The summed E-state index contributed by atoms with van der Waals surface area (Å²) in [6.07, 6.45) is 0.320. The highest BCUT2D eigenvalue weighted by atomic mass is 35.5. The lowest BCUT2D eigenvalue weighted by molar-refractivity contribution is -0.116. The summed E-state index contributed by atoms with van der Waals surface area (Å²) in [5.74, 6) is -0.456. The van der Waals surface area contributed by atoms with Crippen LogP contribution in [0.15, 0.2) is 34.5 Å². The van der Waals surface area contributed by atoms with Crippen molar-refractivity contribution in [2.75, 3.05) is 16.4 Å². The van der Waals surface area contributed by atoms with Crippen LogP contribution in [0.1, 0.15) is 25.8 Å². The number of nitrogen functional groups attached to an aromatic ring is 1. The number of nitrogens with zero attached hydrogens (tertiary/aromatic N) is 2. The third-order valence-electron chi connectivity index (χ3n) is 3.58. The summed E-state index contributed by atoms with van der Waals surface area (Å²) in [7, 11) is 0. The molecule has 9 heteroatoms. The number of benzene rings is 2. The highest BCUT2D eigenvalue weighted by Gasteiger charge is 2.11. The first-order valence-corrected chi connectivity index (χ1v) is 8.85. The van der Waals surface area contributed by atoms with Gasteiger partial charge in [0.15, 0.2) is 0 Å². The Morgan fingerprint density at radius 1 is 1.07 bits per heavy atom. The first kappa shape index (κ1) is 20.7. The quantitative estimate of drug-likeness (QED) is 0.442. The molecule has 0 saturated heterocycles. The molecule has 2 amide bonds. The average molecular weight is 408 g/mol. The number of anilines is 3. The van der Waals surface area contributed by atoms with Crippen LogP contribution in [0.3, 0.4) is 0 Å². The first-order chi connectivity index (χ1) is 12.7. The lowest BCUT2D eigenvalue weighted by Gasteiger charge is -2.10. The van der Waals surface area contributed by atoms with E-state index in [1.165, 1.54) is 19.1 Å². The van der Waals surface area contributed by atoms with E-state index >= 15 is 0 Å². The fourth-order valence-corrected chi connectivity index (χ4v) is 2.73. The highest BCUT2D eigenvalue weighted by Crippen LogP contribution is 2.37. The van der Waals surface area contributed by atoms with Crippen molar-refractivity contribution in [2.24, 2.45) is 10.2 Å². The Morgan fingerprint density at radius 2 is 1.70 bits per heavy atom. The van der Waals surface area contributed by atoms with E-state index < -0.39 is 0 Å². The molecular weight excluding hydrogens is 389 g/mol. The standard InChI is InChI=1S/C18H19Cl2N5O2/c1-4-17(27)23-15-8-14(21)9(2)5-16(15)25-24-11-6-12(19)18(13(20)7-11)22-10(3)26/h5-8H,4,21H2,1-3H3,(H,22,26)(H,23,27). The molecule has 142 valence electrons. The molecular formula is C18H19Cl2N5O2. The first-order valence-electron chi connectivity index (χ1n) is 8.09. The second-order valence-electron chi connectivity index (χ2n) is 5.79. The summed E-state index contributed by atoms with van der Waals surface area (Å²) in [6.45, 7) is 4.93. The number of hydrogen-bond acceptors (Lipinski definition) is 5. The summed E-state index contributed by atoms with van der Waals surface area (Å²) >= 11 is 12.3. The molecule has 0 aliphatic heterocycles. The maximum atomic E-state index is 11.7. The van der Waals surface area contributed by atoms with Crippen LogP contribution in [0.4, 0.5) is 28.4 Å². The molecule has 2 aromatic carbocycles. The molecule has 0 unspecified atom stereocenters. The second kappa shape index (κ2) is 8.83. The minimum absolute atomic E-state index is 0.166. The van der Waals surface area contributed by atoms with Crippen molar-refractivity contribution in [3.8, 4) is 0 Å². The minimum atomic E-state index is -0.290. The van der Waals surface area contributed by atoms with E-state index in [4.69, 9.17) is 28.9 Å². The zero-order valence-corrected chi connectivity index (χ0v) is 16.6. The van der Waals surface area contributed by atoms with Crippen LogP contribution in [0.5, 0.6) is 0 Å². The molecule has 7 nitrogen and oxygen atoms in total. The maximum absolute atomic E-state index is 11.7. The van der Waals surface area contributed by atoms with Crippen molar-refractivity contribution in [3.05, 3.63) is 39.9 Å². The molecule has 0 saturated carbocycles. The van der Waals surface area contributed by atoms with E-state index in [2.05, 4.69) is 20.9 Å². The predicted molar refractivity (Wildman–Crippen MR) is 109 cm³/mol. The molecule has 0 radical (unpaired) electrons. The van der Waals surface area contributed by atoms with Crippen molar-refractivity contribution in [1.82, 2.24) is 0 Å². The van der Waals surface area contributed by atoms with Crippen LogP contribution < -0.4 is 16.4 Å². The summed E-state index contributed by atoms with van der Waals surface area (Å²) in [6, 6.07) is 6.41. The van der Waals surface area contributed by atoms with Gasteiger partial charge in [-0.1, -0.05) is 30.1 Å². The Balaban J connectivity index is 2.38. The number of halogens is 2. The highest BCUT2D eigenvalue weighted by molar-refractivity contribution is 6.40. The molecule has 0 spiro atoms. The van der Waals surface area contributed by atoms with Crippen LogP contribution in [-0.2, 0) is 9.59 Å². The SMILES string of the molecule is CCC(=O)Nc1cc(N)c(C)cc1N=Nc1cc(Cl)c(NC(C)=O)c(Cl)c1. The van der Waals surface area contributed by atoms with Gasteiger partial charge in [-0.2, -0.15) is 5.11 Å². The number of hydrogen-bond donors (Lipinski definition) is 3. The zero-order valence-electron chi connectivity index (χ0n) is 15.1. The minimum Gasteiger partial charge on any atom is -0.398 e. The van der Waals surface area contributed by atoms with Crippen LogP contribution >= 0.6 is 23.2 Å².